The van der Waals surface area contributed by atoms with Gasteiger partial charge in [-0.25, -0.2) is 0 Å². The highest BCUT2D eigenvalue weighted by molar-refractivity contribution is 6.09. The summed E-state index contributed by atoms with van der Waals surface area (Å²) in [5, 5.41) is 12.7. The summed E-state index contributed by atoms with van der Waals surface area (Å²) in [6.45, 7) is 0. The van der Waals surface area contributed by atoms with E-state index in [-0.39, 0.29) is 0 Å². The topological polar surface area (TPSA) is 0 Å². The monoisotopic (exact) mass is 556 g/mol. The molecule has 0 saturated heterocycles. The van der Waals surface area contributed by atoms with Crippen molar-refractivity contribution in [1.82, 2.24) is 0 Å². The lowest BCUT2D eigenvalue weighted by Crippen LogP contribution is -1.84. The van der Waals surface area contributed by atoms with E-state index in [1.807, 2.05) is 0 Å². The largest absolute Gasteiger partial charge is 0.0616 e. The van der Waals surface area contributed by atoms with Gasteiger partial charge in [0.2, 0.25) is 0 Å². The number of hydrogen-bond donors (Lipinski definition) is 0. The highest BCUT2D eigenvalue weighted by Crippen LogP contribution is 2.35. The molecule has 0 heteroatoms. The lowest BCUT2D eigenvalue weighted by atomic mass is 9.93. The van der Waals surface area contributed by atoms with E-state index in [9.17, 15) is 0 Å². The van der Waals surface area contributed by atoms with Crippen molar-refractivity contribution < 1.29 is 0 Å². The molecular weight excluding hydrogens is 528 g/mol. The quantitative estimate of drug-likeness (QED) is 0.190. The van der Waals surface area contributed by atoms with Crippen LogP contribution in [-0.4, -0.2) is 0 Å². The van der Waals surface area contributed by atoms with Gasteiger partial charge in [-0.1, -0.05) is 133 Å². The number of hydrogen-bond acceptors (Lipinski definition) is 0. The fourth-order valence-electron chi connectivity index (χ4n) is 6.77. The van der Waals surface area contributed by atoms with E-state index in [1.54, 1.807) is 0 Å². The molecule has 0 radical (unpaired) electrons. The molecule has 0 fully saturated rings. The first kappa shape index (κ1) is 24.8. The van der Waals surface area contributed by atoms with Gasteiger partial charge in [-0.3, -0.25) is 0 Å². The molecule has 9 aromatic carbocycles. The Balaban J connectivity index is 1.05. The molecule has 44 heavy (non-hydrogen) atoms. The SMILES string of the molecule is c1ccc2cc(-c3ccc4cc(-c5ccc6c(ccc7cc(-c8ccc9ccccc9c8)ccc76)c5)ccc4c3)ccc2c1. The normalized spacial score (nSPS) is 11.6. The Morgan fingerprint density at radius 3 is 0.818 bits per heavy atom. The fourth-order valence-corrected chi connectivity index (χ4v) is 6.77. The van der Waals surface area contributed by atoms with Crippen LogP contribution in [0.3, 0.4) is 0 Å². The van der Waals surface area contributed by atoms with Gasteiger partial charge in [0.15, 0.2) is 0 Å². The van der Waals surface area contributed by atoms with Gasteiger partial charge < -0.3 is 0 Å². The Morgan fingerprint density at radius 1 is 0.182 bits per heavy atom. The number of fused-ring (bicyclic) bond motifs is 6. The molecule has 204 valence electrons. The maximum absolute atomic E-state index is 2.33. The summed E-state index contributed by atoms with van der Waals surface area (Å²) >= 11 is 0. The number of rotatable bonds is 3. The molecule has 0 saturated carbocycles. The summed E-state index contributed by atoms with van der Waals surface area (Å²) in [6, 6.07) is 62.5. The Morgan fingerprint density at radius 2 is 0.432 bits per heavy atom. The third-order valence-corrected chi connectivity index (χ3v) is 9.17. The molecule has 0 heterocycles. The molecule has 9 aromatic rings. The van der Waals surface area contributed by atoms with Crippen LogP contribution in [-0.2, 0) is 0 Å². The van der Waals surface area contributed by atoms with Crippen molar-refractivity contribution in [2.75, 3.05) is 0 Å². The third kappa shape index (κ3) is 4.23. The average Bonchev–Trinajstić information content (AvgIpc) is 3.10. The van der Waals surface area contributed by atoms with Crippen molar-refractivity contribution in [1.29, 1.82) is 0 Å². The van der Waals surface area contributed by atoms with Crippen LogP contribution in [0.15, 0.2) is 170 Å². The van der Waals surface area contributed by atoms with Crippen molar-refractivity contribution >= 4 is 53.9 Å². The van der Waals surface area contributed by atoms with Gasteiger partial charge in [-0.05, 0) is 124 Å². The molecule has 0 aromatic heterocycles. The Kier molecular flexibility index (Phi) is 5.61. The molecule has 0 atom stereocenters. The summed E-state index contributed by atoms with van der Waals surface area (Å²) in [7, 11) is 0. The zero-order chi connectivity index (χ0) is 29.0. The predicted molar refractivity (Wildman–Crippen MR) is 190 cm³/mol. The first-order valence-corrected chi connectivity index (χ1v) is 15.2. The van der Waals surface area contributed by atoms with Crippen LogP contribution >= 0.6 is 0 Å². The molecule has 0 nitrogen and oxygen atoms in total. The van der Waals surface area contributed by atoms with Gasteiger partial charge in [-0.15, -0.1) is 0 Å². The Hall–Kier alpha value is -5.72. The van der Waals surface area contributed by atoms with E-state index >= 15 is 0 Å². The third-order valence-electron chi connectivity index (χ3n) is 9.17. The van der Waals surface area contributed by atoms with Gasteiger partial charge in [0.05, 0.1) is 0 Å². The van der Waals surface area contributed by atoms with E-state index < -0.39 is 0 Å². The fraction of sp³-hybridized carbons (Fsp3) is 0. The van der Waals surface area contributed by atoms with Crippen LogP contribution in [0.5, 0.6) is 0 Å². The van der Waals surface area contributed by atoms with Crippen molar-refractivity contribution in [3.8, 4) is 33.4 Å². The smallest absolute Gasteiger partial charge is 0.0105 e. The van der Waals surface area contributed by atoms with Crippen LogP contribution < -0.4 is 0 Å². The van der Waals surface area contributed by atoms with Gasteiger partial charge >= 0.3 is 0 Å². The van der Waals surface area contributed by atoms with Crippen molar-refractivity contribution in [2.45, 2.75) is 0 Å². The minimum absolute atomic E-state index is 1.24. The maximum Gasteiger partial charge on any atom is -0.0105 e. The lowest BCUT2D eigenvalue weighted by Gasteiger charge is -2.11. The molecular formula is C44H28. The van der Waals surface area contributed by atoms with Crippen LogP contribution in [0.1, 0.15) is 0 Å². The molecule has 0 amide bonds. The van der Waals surface area contributed by atoms with E-state index in [0.717, 1.165) is 0 Å². The standard InChI is InChI=1S/C44H28/c1-3-7-31-23-33(11-9-29(31)5-1)35-13-14-37-26-38(16-15-36(37)25-35)40-20-22-44-42(28-40)18-17-41-27-39(19-21-43(41)44)34-12-10-30-6-2-4-8-32(30)24-34/h1-28H. The Labute approximate surface area is 256 Å². The average molecular weight is 557 g/mol. The van der Waals surface area contributed by atoms with Crippen LogP contribution in [0.2, 0.25) is 0 Å². The van der Waals surface area contributed by atoms with E-state index in [2.05, 4.69) is 170 Å². The molecule has 0 aliphatic rings. The second kappa shape index (κ2) is 9.93. The van der Waals surface area contributed by atoms with Crippen molar-refractivity contribution in [3.05, 3.63) is 170 Å². The zero-order valence-electron chi connectivity index (χ0n) is 24.2. The highest BCUT2D eigenvalue weighted by atomic mass is 14.1. The molecule has 0 unspecified atom stereocenters. The van der Waals surface area contributed by atoms with E-state index in [1.165, 1.54) is 87.2 Å². The molecule has 0 spiro atoms. The molecule has 9 rings (SSSR count). The lowest BCUT2D eigenvalue weighted by molar-refractivity contribution is 1.65. The van der Waals surface area contributed by atoms with Gasteiger partial charge in [0.25, 0.3) is 0 Å². The summed E-state index contributed by atoms with van der Waals surface area (Å²) in [5.74, 6) is 0. The summed E-state index contributed by atoms with van der Waals surface area (Å²) in [6.07, 6.45) is 0. The summed E-state index contributed by atoms with van der Waals surface area (Å²) in [5.41, 5.74) is 7.48. The van der Waals surface area contributed by atoms with Crippen LogP contribution in [0.4, 0.5) is 0 Å². The highest BCUT2D eigenvalue weighted by Gasteiger charge is 2.08. The van der Waals surface area contributed by atoms with Gasteiger partial charge in [-0.2, -0.15) is 0 Å². The van der Waals surface area contributed by atoms with Gasteiger partial charge in [0.1, 0.15) is 0 Å². The maximum atomic E-state index is 2.33. The second-order valence-electron chi connectivity index (χ2n) is 11.8. The zero-order valence-corrected chi connectivity index (χ0v) is 24.2. The van der Waals surface area contributed by atoms with Gasteiger partial charge in [0, 0.05) is 0 Å². The molecule has 0 N–H and O–H groups in total. The molecule has 0 aliphatic carbocycles. The summed E-state index contributed by atoms with van der Waals surface area (Å²) in [4.78, 5) is 0. The second-order valence-corrected chi connectivity index (χ2v) is 11.8. The van der Waals surface area contributed by atoms with Crippen molar-refractivity contribution in [3.63, 3.8) is 0 Å². The molecule has 0 bridgehead atoms. The van der Waals surface area contributed by atoms with Crippen LogP contribution in [0.25, 0.3) is 87.2 Å². The summed E-state index contributed by atoms with van der Waals surface area (Å²) < 4.78 is 0. The first-order valence-electron chi connectivity index (χ1n) is 15.2. The van der Waals surface area contributed by atoms with Crippen molar-refractivity contribution in [2.24, 2.45) is 0 Å². The first-order chi connectivity index (χ1) is 21.7. The minimum atomic E-state index is 1.24. The van der Waals surface area contributed by atoms with E-state index in [4.69, 9.17) is 0 Å². The number of benzene rings is 9. The van der Waals surface area contributed by atoms with E-state index in [0.29, 0.717) is 0 Å². The predicted octanol–water partition coefficient (Wildman–Crippen LogP) is 12.5. The van der Waals surface area contributed by atoms with Crippen LogP contribution in [0, 0.1) is 0 Å². The minimum Gasteiger partial charge on any atom is -0.0616 e. The Bertz CT molecular complexity index is 2550. The molecule has 0 aliphatic heterocycles.